The second-order valence-electron chi connectivity index (χ2n) is 7.19. The van der Waals surface area contributed by atoms with Gasteiger partial charge in [0.1, 0.15) is 5.03 Å². The van der Waals surface area contributed by atoms with Crippen molar-refractivity contribution in [3.8, 4) is 5.75 Å². The fraction of sp³-hybridized carbons (Fsp3) is 0.400. The lowest BCUT2D eigenvalue weighted by Crippen LogP contribution is -2.20. The molecular formula is C20H23F2N3O2S. The predicted octanol–water partition coefficient (Wildman–Crippen LogP) is 4.54. The minimum absolute atomic E-state index is 0.0694. The third-order valence-electron chi connectivity index (χ3n) is 5.29. The number of halogens is 2. The number of rotatable bonds is 4. The Morgan fingerprint density at radius 3 is 2.71 bits per heavy atom. The van der Waals surface area contributed by atoms with Gasteiger partial charge in [0.25, 0.3) is 0 Å². The number of nitrogens with zero attached hydrogens (tertiary/aromatic N) is 1. The third-order valence-corrected chi connectivity index (χ3v) is 5.75. The molecule has 5 nitrogen and oxygen atoms in total. The first-order valence-corrected chi connectivity index (χ1v) is 9.96. The number of anilines is 1. The van der Waals surface area contributed by atoms with E-state index in [0.29, 0.717) is 5.41 Å². The number of nitrogens with two attached hydrogens (primary N) is 1. The molecule has 1 unspecified atom stereocenters. The number of aromatic nitrogens is 1. The molecule has 0 bridgehead atoms. The highest BCUT2D eigenvalue weighted by Crippen LogP contribution is 2.59. The van der Waals surface area contributed by atoms with Crippen LogP contribution in [0.15, 0.2) is 41.6 Å². The average Bonchev–Trinajstić information content (AvgIpc) is 3.33. The number of nitrogens with one attached hydrogen (secondary N) is 1. The first-order chi connectivity index (χ1) is 13.5. The van der Waals surface area contributed by atoms with Gasteiger partial charge in [-0.05, 0) is 73.7 Å². The molecule has 1 spiro atoms. The molecule has 28 heavy (non-hydrogen) atoms. The van der Waals surface area contributed by atoms with E-state index in [1.165, 1.54) is 38.5 Å². The summed E-state index contributed by atoms with van der Waals surface area (Å²) in [5.41, 5.74) is 1.33. The van der Waals surface area contributed by atoms with Gasteiger partial charge < -0.3 is 10.1 Å². The molecule has 2 aliphatic rings. The van der Waals surface area contributed by atoms with Gasteiger partial charge >= 0.3 is 0 Å². The topological polar surface area (TPSA) is 77.2 Å². The van der Waals surface area contributed by atoms with E-state index in [-0.39, 0.29) is 17.6 Å². The summed E-state index contributed by atoms with van der Waals surface area (Å²) in [6.07, 6.45) is 7.64. The van der Waals surface area contributed by atoms with Crippen LogP contribution in [0.3, 0.4) is 0 Å². The second kappa shape index (κ2) is 8.87. The molecule has 1 aromatic heterocycles. The Balaban J connectivity index is 0.000000192. The van der Waals surface area contributed by atoms with Gasteiger partial charge in [0.15, 0.2) is 11.6 Å². The smallest absolute Gasteiger partial charge is 0.227 e. The van der Waals surface area contributed by atoms with E-state index < -0.39 is 11.6 Å². The Bertz CT molecular complexity index is 846. The van der Waals surface area contributed by atoms with Crippen molar-refractivity contribution in [2.24, 2.45) is 16.5 Å². The highest BCUT2D eigenvalue weighted by molar-refractivity contribution is 7.97. The zero-order valence-electron chi connectivity index (χ0n) is 15.6. The molecule has 8 heteroatoms. The van der Waals surface area contributed by atoms with Crippen molar-refractivity contribution in [1.82, 2.24) is 4.98 Å². The SMILES string of the molecule is COc1cccc(F)c1F.NSc1cc(NC(=O)C2CCC3(CC3)C2)ccn1. The lowest BCUT2D eigenvalue weighted by Gasteiger charge is -2.11. The molecule has 4 rings (SSSR count). The Morgan fingerprint density at radius 1 is 1.32 bits per heavy atom. The van der Waals surface area contributed by atoms with E-state index in [2.05, 4.69) is 15.0 Å². The summed E-state index contributed by atoms with van der Waals surface area (Å²) in [7, 11) is 1.29. The summed E-state index contributed by atoms with van der Waals surface area (Å²) < 4.78 is 29.3. The van der Waals surface area contributed by atoms with Crippen molar-refractivity contribution in [2.45, 2.75) is 37.1 Å². The molecule has 1 aromatic carbocycles. The molecular weight excluding hydrogens is 384 g/mol. The zero-order valence-corrected chi connectivity index (χ0v) is 16.4. The van der Waals surface area contributed by atoms with E-state index >= 15 is 0 Å². The van der Waals surface area contributed by atoms with Gasteiger partial charge in [0.2, 0.25) is 11.7 Å². The molecule has 0 aliphatic heterocycles. The van der Waals surface area contributed by atoms with Crippen LogP contribution in [0.4, 0.5) is 14.5 Å². The number of benzene rings is 1. The van der Waals surface area contributed by atoms with Crippen molar-refractivity contribution in [2.75, 3.05) is 12.4 Å². The van der Waals surface area contributed by atoms with Gasteiger partial charge in [-0.1, -0.05) is 6.07 Å². The van der Waals surface area contributed by atoms with Crippen LogP contribution in [0.5, 0.6) is 5.75 Å². The lowest BCUT2D eigenvalue weighted by molar-refractivity contribution is -0.119. The van der Waals surface area contributed by atoms with Crippen LogP contribution in [-0.2, 0) is 4.79 Å². The lowest BCUT2D eigenvalue weighted by atomic mass is 10.0. The molecule has 1 atom stereocenters. The van der Waals surface area contributed by atoms with Crippen molar-refractivity contribution in [3.05, 3.63) is 48.2 Å². The quantitative estimate of drug-likeness (QED) is 0.728. The molecule has 2 saturated carbocycles. The normalized spacial score (nSPS) is 18.9. The van der Waals surface area contributed by atoms with Gasteiger partial charge in [0.05, 0.1) is 7.11 Å². The maximum absolute atomic E-state index is 12.5. The average molecular weight is 407 g/mol. The van der Waals surface area contributed by atoms with Crippen LogP contribution in [0.1, 0.15) is 32.1 Å². The number of hydrogen-bond donors (Lipinski definition) is 2. The van der Waals surface area contributed by atoms with Gasteiger partial charge in [-0.3, -0.25) is 9.93 Å². The molecule has 150 valence electrons. The van der Waals surface area contributed by atoms with E-state index in [0.717, 1.165) is 41.6 Å². The summed E-state index contributed by atoms with van der Waals surface area (Å²) >= 11 is 1.09. The zero-order chi connectivity index (χ0) is 20.1. The highest BCUT2D eigenvalue weighted by Gasteiger charge is 2.49. The molecule has 2 aliphatic carbocycles. The fourth-order valence-electron chi connectivity index (χ4n) is 3.50. The van der Waals surface area contributed by atoms with Crippen LogP contribution in [-0.4, -0.2) is 18.0 Å². The fourth-order valence-corrected chi connectivity index (χ4v) is 3.82. The maximum Gasteiger partial charge on any atom is 0.227 e. The minimum Gasteiger partial charge on any atom is -0.494 e. The molecule has 0 saturated heterocycles. The number of pyridine rings is 1. The van der Waals surface area contributed by atoms with Crippen molar-refractivity contribution >= 4 is 23.5 Å². The van der Waals surface area contributed by atoms with Crippen LogP contribution in [0.2, 0.25) is 0 Å². The van der Waals surface area contributed by atoms with Gasteiger partial charge in [-0.25, -0.2) is 9.37 Å². The summed E-state index contributed by atoms with van der Waals surface area (Å²) in [6.45, 7) is 0. The number of methoxy groups -OCH3 is 1. The van der Waals surface area contributed by atoms with Crippen molar-refractivity contribution in [3.63, 3.8) is 0 Å². The molecule has 0 radical (unpaired) electrons. The number of amides is 1. The van der Waals surface area contributed by atoms with Crippen LogP contribution in [0.25, 0.3) is 0 Å². The summed E-state index contributed by atoms with van der Waals surface area (Å²) in [5.74, 6) is -1.56. The number of hydrogen-bond acceptors (Lipinski definition) is 5. The monoisotopic (exact) mass is 407 g/mol. The standard InChI is InChI=1S/C13H17N3OS.C7H6F2O/c14-18-11-7-10(2-6-15-11)16-12(17)9-1-3-13(8-9)4-5-13;1-10-6-4-2-3-5(8)7(6)9/h2,6-7,9H,1,3-5,8,14H2,(H,15,16,17);2-4H,1H3. The van der Waals surface area contributed by atoms with E-state index in [1.807, 2.05) is 6.07 Å². The van der Waals surface area contributed by atoms with Crippen molar-refractivity contribution < 1.29 is 18.3 Å². The summed E-state index contributed by atoms with van der Waals surface area (Å²) in [6, 6.07) is 7.40. The second-order valence-corrected chi connectivity index (χ2v) is 7.84. The first-order valence-electron chi connectivity index (χ1n) is 9.08. The van der Waals surface area contributed by atoms with Crippen LogP contribution >= 0.6 is 11.9 Å². The van der Waals surface area contributed by atoms with E-state index in [4.69, 9.17) is 5.14 Å². The Morgan fingerprint density at radius 2 is 2.11 bits per heavy atom. The molecule has 3 N–H and O–H groups in total. The van der Waals surface area contributed by atoms with E-state index in [1.54, 1.807) is 12.3 Å². The van der Waals surface area contributed by atoms with Gasteiger partial charge in [-0.15, -0.1) is 0 Å². The molecule has 2 aromatic rings. The van der Waals surface area contributed by atoms with Crippen molar-refractivity contribution in [1.29, 1.82) is 0 Å². The van der Waals surface area contributed by atoms with E-state index in [9.17, 15) is 13.6 Å². The number of ether oxygens (including phenoxy) is 1. The summed E-state index contributed by atoms with van der Waals surface area (Å²) in [5, 5.41) is 9.15. The molecule has 2 fully saturated rings. The van der Waals surface area contributed by atoms with Crippen LogP contribution < -0.4 is 15.2 Å². The number of carbonyl (C=O) groups excluding carboxylic acids is 1. The Labute approximate surface area is 167 Å². The Hall–Kier alpha value is -2.19. The maximum atomic E-state index is 12.5. The van der Waals surface area contributed by atoms with Crippen LogP contribution in [0, 0.1) is 23.0 Å². The Kier molecular flexibility index (Phi) is 6.51. The molecule has 1 amide bonds. The largest absolute Gasteiger partial charge is 0.494 e. The third kappa shape index (κ3) is 4.99. The highest BCUT2D eigenvalue weighted by atomic mass is 32.2. The molecule has 1 heterocycles. The first kappa shape index (κ1) is 20.5. The van der Waals surface area contributed by atoms with Gasteiger partial charge in [0, 0.05) is 17.8 Å². The predicted molar refractivity (Wildman–Crippen MR) is 105 cm³/mol. The number of carbonyl (C=O) groups is 1. The summed E-state index contributed by atoms with van der Waals surface area (Å²) in [4.78, 5) is 16.2. The van der Waals surface area contributed by atoms with Gasteiger partial charge in [-0.2, -0.15) is 4.39 Å². The minimum atomic E-state index is -0.940.